The fourth-order valence-electron chi connectivity index (χ4n) is 3.21. The molecule has 0 bridgehead atoms. The molecule has 1 heterocycles. The van der Waals surface area contributed by atoms with E-state index in [1.807, 2.05) is 17.7 Å². The summed E-state index contributed by atoms with van der Waals surface area (Å²) in [6.45, 7) is 2.00. The van der Waals surface area contributed by atoms with Gasteiger partial charge >= 0.3 is 0 Å². The maximum absolute atomic E-state index is 6.02. The lowest BCUT2D eigenvalue weighted by Crippen LogP contribution is -2.19. The molecule has 0 saturated heterocycles. The molecule has 1 aromatic heterocycles. The van der Waals surface area contributed by atoms with Crippen LogP contribution in [0.1, 0.15) is 48.9 Å². The van der Waals surface area contributed by atoms with Crippen molar-refractivity contribution in [2.24, 2.45) is 0 Å². The van der Waals surface area contributed by atoms with Crippen LogP contribution in [0.4, 0.5) is 5.82 Å². The topological polar surface area (TPSA) is 43.8 Å². The van der Waals surface area contributed by atoms with Gasteiger partial charge in [0, 0.05) is 6.07 Å². The van der Waals surface area contributed by atoms with E-state index >= 15 is 0 Å². The minimum Gasteiger partial charge on any atom is -0.384 e. The van der Waals surface area contributed by atoms with Crippen molar-refractivity contribution in [3.63, 3.8) is 0 Å². The van der Waals surface area contributed by atoms with Crippen molar-refractivity contribution >= 4 is 5.82 Å². The third-order valence-corrected chi connectivity index (χ3v) is 4.20. The zero-order valence-corrected chi connectivity index (χ0v) is 11.4. The van der Waals surface area contributed by atoms with Gasteiger partial charge in [-0.1, -0.05) is 30.3 Å². The van der Waals surface area contributed by atoms with Gasteiger partial charge in [-0.25, -0.2) is 4.68 Å². The Labute approximate surface area is 114 Å². The minimum absolute atomic E-state index is 0.480. The van der Waals surface area contributed by atoms with E-state index in [4.69, 9.17) is 5.73 Å². The number of rotatable bonds is 2. The van der Waals surface area contributed by atoms with Crippen LogP contribution in [0.2, 0.25) is 0 Å². The summed E-state index contributed by atoms with van der Waals surface area (Å²) in [6, 6.07) is 13.3. The molecule has 0 spiro atoms. The van der Waals surface area contributed by atoms with Crippen molar-refractivity contribution in [3.8, 4) is 0 Å². The SMILES string of the molecule is Cc1cc(N)n(C2CCC(c3ccccc3)CC2)n1. The second-order valence-corrected chi connectivity index (χ2v) is 5.57. The lowest BCUT2D eigenvalue weighted by molar-refractivity contribution is 0.306. The molecule has 0 atom stereocenters. The highest BCUT2D eigenvalue weighted by molar-refractivity contribution is 5.31. The first-order valence-corrected chi connectivity index (χ1v) is 7.10. The Morgan fingerprint density at radius 3 is 2.37 bits per heavy atom. The normalized spacial score (nSPS) is 23.4. The van der Waals surface area contributed by atoms with E-state index in [0.717, 1.165) is 11.5 Å². The van der Waals surface area contributed by atoms with Gasteiger partial charge < -0.3 is 5.73 Å². The van der Waals surface area contributed by atoms with Crippen LogP contribution in [-0.4, -0.2) is 9.78 Å². The first-order chi connectivity index (χ1) is 9.24. The molecule has 1 fully saturated rings. The van der Waals surface area contributed by atoms with Crippen molar-refractivity contribution in [3.05, 3.63) is 47.7 Å². The Kier molecular flexibility index (Phi) is 3.28. The number of aromatic nitrogens is 2. The molecule has 3 nitrogen and oxygen atoms in total. The molecule has 100 valence electrons. The standard InChI is InChI=1S/C16H21N3/c1-12-11-16(17)19(18-12)15-9-7-14(8-10-15)13-5-3-2-4-6-13/h2-6,11,14-15H,7-10,17H2,1H3. The van der Waals surface area contributed by atoms with Crippen molar-refractivity contribution in [1.29, 1.82) is 0 Å². The summed E-state index contributed by atoms with van der Waals surface area (Å²) in [5.74, 6) is 1.51. The highest BCUT2D eigenvalue weighted by Gasteiger charge is 2.24. The van der Waals surface area contributed by atoms with Gasteiger partial charge in [-0.2, -0.15) is 5.10 Å². The summed E-state index contributed by atoms with van der Waals surface area (Å²) >= 11 is 0. The maximum atomic E-state index is 6.02. The minimum atomic E-state index is 0.480. The molecule has 1 aromatic carbocycles. The smallest absolute Gasteiger partial charge is 0.122 e. The highest BCUT2D eigenvalue weighted by atomic mass is 15.3. The maximum Gasteiger partial charge on any atom is 0.122 e. The van der Waals surface area contributed by atoms with Crippen LogP contribution in [0.15, 0.2) is 36.4 Å². The molecule has 1 aliphatic carbocycles. The Balaban J connectivity index is 1.68. The van der Waals surface area contributed by atoms with Gasteiger partial charge in [0.25, 0.3) is 0 Å². The molecule has 3 heteroatoms. The van der Waals surface area contributed by atoms with Crippen molar-refractivity contribution < 1.29 is 0 Å². The Bertz CT molecular complexity index is 536. The monoisotopic (exact) mass is 255 g/mol. The van der Waals surface area contributed by atoms with Gasteiger partial charge in [0.05, 0.1) is 11.7 Å². The van der Waals surface area contributed by atoms with Gasteiger partial charge in [0.1, 0.15) is 5.82 Å². The van der Waals surface area contributed by atoms with E-state index < -0.39 is 0 Å². The van der Waals surface area contributed by atoms with Crippen LogP contribution in [0.5, 0.6) is 0 Å². The Hall–Kier alpha value is -1.77. The fourth-order valence-corrected chi connectivity index (χ4v) is 3.21. The lowest BCUT2D eigenvalue weighted by Gasteiger charge is -2.29. The lowest BCUT2D eigenvalue weighted by atomic mass is 9.82. The average Bonchev–Trinajstić information content (AvgIpc) is 2.79. The molecule has 0 aliphatic heterocycles. The summed E-state index contributed by atoms with van der Waals surface area (Å²) in [6.07, 6.45) is 4.80. The average molecular weight is 255 g/mol. The molecule has 1 aliphatic rings. The van der Waals surface area contributed by atoms with Gasteiger partial charge in [-0.3, -0.25) is 0 Å². The summed E-state index contributed by atoms with van der Waals surface area (Å²) in [5.41, 5.74) is 8.51. The number of aryl methyl sites for hydroxylation is 1. The number of nitrogens with two attached hydrogens (primary N) is 1. The summed E-state index contributed by atoms with van der Waals surface area (Å²) in [4.78, 5) is 0. The third kappa shape index (κ3) is 2.50. The summed E-state index contributed by atoms with van der Waals surface area (Å²) in [7, 11) is 0. The van der Waals surface area contributed by atoms with Crippen molar-refractivity contribution in [2.75, 3.05) is 5.73 Å². The number of benzene rings is 1. The van der Waals surface area contributed by atoms with E-state index in [1.54, 1.807) is 0 Å². The second-order valence-electron chi connectivity index (χ2n) is 5.57. The molecular weight excluding hydrogens is 234 g/mol. The largest absolute Gasteiger partial charge is 0.384 e. The molecule has 2 N–H and O–H groups in total. The van der Waals surface area contributed by atoms with Gasteiger partial charge in [0.15, 0.2) is 0 Å². The van der Waals surface area contributed by atoms with E-state index in [2.05, 4.69) is 35.4 Å². The van der Waals surface area contributed by atoms with Crippen LogP contribution in [-0.2, 0) is 0 Å². The molecule has 2 aromatic rings. The molecule has 0 amide bonds. The van der Waals surface area contributed by atoms with E-state index in [1.165, 1.54) is 31.2 Å². The van der Waals surface area contributed by atoms with Crippen LogP contribution in [0, 0.1) is 6.92 Å². The number of hydrogen-bond acceptors (Lipinski definition) is 2. The number of nitrogen functional groups attached to an aromatic ring is 1. The van der Waals surface area contributed by atoms with Crippen LogP contribution in [0.3, 0.4) is 0 Å². The first-order valence-electron chi connectivity index (χ1n) is 7.10. The predicted molar refractivity (Wildman–Crippen MR) is 78.1 cm³/mol. The van der Waals surface area contributed by atoms with Crippen LogP contribution in [0.25, 0.3) is 0 Å². The molecular formula is C16H21N3. The Morgan fingerprint density at radius 1 is 1.11 bits per heavy atom. The predicted octanol–water partition coefficient (Wildman–Crippen LogP) is 3.67. The summed E-state index contributed by atoms with van der Waals surface area (Å²) in [5, 5.41) is 4.52. The molecule has 0 unspecified atom stereocenters. The van der Waals surface area contributed by atoms with Gasteiger partial charge in [-0.15, -0.1) is 0 Å². The van der Waals surface area contributed by atoms with Gasteiger partial charge in [-0.05, 0) is 44.1 Å². The summed E-state index contributed by atoms with van der Waals surface area (Å²) < 4.78 is 2.02. The van der Waals surface area contributed by atoms with Crippen molar-refractivity contribution in [2.45, 2.75) is 44.6 Å². The van der Waals surface area contributed by atoms with Gasteiger partial charge in [0.2, 0.25) is 0 Å². The second kappa shape index (κ2) is 5.08. The molecule has 0 radical (unpaired) electrons. The van der Waals surface area contributed by atoms with Crippen molar-refractivity contribution in [1.82, 2.24) is 9.78 Å². The third-order valence-electron chi connectivity index (χ3n) is 4.20. The quantitative estimate of drug-likeness (QED) is 0.889. The molecule has 19 heavy (non-hydrogen) atoms. The van der Waals surface area contributed by atoms with Crippen LogP contribution < -0.4 is 5.73 Å². The molecule has 3 rings (SSSR count). The highest BCUT2D eigenvalue weighted by Crippen LogP contribution is 2.38. The fraction of sp³-hybridized carbons (Fsp3) is 0.438. The number of nitrogens with zero attached hydrogens (tertiary/aromatic N) is 2. The van der Waals surface area contributed by atoms with E-state index in [0.29, 0.717) is 12.0 Å². The number of anilines is 1. The Morgan fingerprint density at radius 2 is 1.79 bits per heavy atom. The molecule has 1 saturated carbocycles. The number of hydrogen-bond donors (Lipinski definition) is 1. The first kappa shape index (κ1) is 12.3. The van der Waals surface area contributed by atoms with E-state index in [-0.39, 0.29) is 0 Å². The zero-order valence-electron chi connectivity index (χ0n) is 11.4. The van der Waals surface area contributed by atoms with Crippen LogP contribution >= 0.6 is 0 Å². The van der Waals surface area contributed by atoms with E-state index in [9.17, 15) is 0 Å². The zero-order chi connectivity index (χ0) is 13.2.